The van der Waals surface area contributed by atoms with Crippen molar-refractivity contribution in [1.29, 1.82) is 0 Å². The van der Waals surface area contributed by atoms with Gasteiger partial charge in [0.2, 0.25) is 0 Å². The van der Waals surface area contributed by atoms with Gasteiger partial charge in [0, 0.05) is 5.57 Å². The molecule has 0 N–H and O–H groups in total. The molecule has 1 aliphatic rings. The molecule has 0 aromatic heterocycles. The van der Waals surface area contributed by atoms with Crippen LogP contribution in [0.3, 0.4) is 0 Å². The van der Waals surface area contributed by atoms with E-state index in [4.69, 9.17) is 4.74 Å². The van der Waals surface area contributed by atoms with Gasteiger partial charge in [0.15, 0.2) is 0 Å². The summed E-state index contributed by atoms with van der Waals surface area (Å²) < 4.78 is 5.54. The average Bonchev–Trinajstić information content (AvgIpc) is 2.20. The molecule has 2 heteroatoms. The minimum absolute atomic E-state index is 0.0976. The molecule has 0 saturated heterocycles. The van der Waals surface area contributed by atoms with E-state index in [9.17, 15) is 4.79 Å². The zero-order chi connectivity index (χ0) is 12.3. The van der Waals surface area contributed by atoms with Crippen molar-refractivity contribution in [2.45, 2.75) is 53.1 Å². The Labute approximate surface area is 99.1 Å². The first-order valence-electron chi connectivity index (χ1n) is 6.28. The van der Waals surface area contributed by atoms with Crippen LogP contribution in [0.1, 0.15) is 47.0 Å². The van der Waals surface area contributed by atoms with Gasteiger partial charge in [0.05, 0.1) is 0 Å². The maximum Gasteiger partial charge on any atom is 0.333 e. The Morgan fingerprint density at radius 1 is 1.38 bits per heavy atom. The molecule has 0 heterocycles. The Morgan fingerprint density at radius 2 is 2.00 bits per heavy atom. The Kier molecular flexibility index (Phi) is 4.57. The van der Waals surface area contributed by atoms with Gasteiger partial charge in [-0.3, -0.25) is 0 Å². The van der Waals surface area contributed by atoms with Crippen molar-refractivity contribution in [3.8, 4) is 0 Å². The summed E-state index contributed by atoms with van der Waals surface area (Å²) >= 11 is 0. The molecule has 0 spiro atoms. The molecule has 0 aromatic carbocycles. The van der Waals surface area contributed by atoms with E-state index in [1.807, 2.05) is 0 Å². The highest BCUT2D eigenvalue weighted by atomic mass is 16.5. The second-order valence-electron chi connectivity index (χ2n) is 5.55. The second-order valence-corrected chi connectivity index (χ2v) is 5.55. The fraction of sp³-hybridized carbons (Fsp3) is 0.786. The first-order valence-corrected chi connectivity index (χ1v) is 6.28. The molecule has 3 atom stereocenters. The van der Waals surface area contributed by atoms with Crippen molar-refractivity contribution >= 4 is 5.97 Å². The third kappa shape index (κ3) is 3.36. The van der Waals surface area contributed by atoms with Gasteiger partial charge in [-0.2, -0.15) is 0 Å². The van der Waals surface area contributed by atoms with Crippen LogP contribution in [0, 0.1) is 17.8 Å². The molecule has 0 radical (unpaired) electrons. The standard InChI is InChI=1S/C14H24O2/c1-9(2)12-8-11(5)6-7-13(12)16-14(15)10(3)4/h9,11-13H,3,6-8H2,1-2,4-5H3/t11-,12-,13-/m0/s1. The van der Waals surface area contributed by atoms with Crippen LogP contribution in [-0.4, -0.2) is 12.1 Å². The predicted octanol–water partition coefficient (Wildman–Crippen LogP) is 3.57. The number of hydrogen-bond acceptors (Lipinski definition) is 2. The summed E-state index contributed by atoms with van der Waals surface area (Å²) in [6.45, 7) is 12.0. The summed E-state index contributed by atoms with van der Waals surface area (Å²) in [7, 11) is 0. The fourth-order valence-electron chi connectivity index (χ4n) is 2.48. The molecule has 0 aromatic rings. The van der Waals surface area contributed by atoms with Crippen LogP contribution >= 0.6 is 0 Å². The van der Waals surface area contributed by atoms with Crippen LogP contribution in [0.25, 0.3) is 0 Å². The SMILES string of the molecule is C=C(C)C(=O)O[C@H]1CC[C@H](C)C[C@H]1C(C)C. The quantitative estimate of drug-likeness (QED) is 0.541. The Bertz CT molecular complexity index is 268. The molecule has 1 saturated carbocycles. The van der Waals surface area contributed by atoms with E-state index >= 15 is 0 Å². The normalized spacial score (nSPS) is 30.2. The Balaban J connectivity index is 2.62. The lowest BCUT2D eigenvalue weighted by Crippen LogP contribution is -2.35. The molecular formula is C14H24O2. The van der Waals surface area contributed by atoms with Gasteiger partial charge in [0.1, 0.15) is 6.10 Å². The average molecular weight is 224 g/mol. The number of rotatable bonds is 3. The maximum atomic E-state index is 11.5. The molecule has 0 bridgehead atoms. The lowest BCUT2D eigenvalue weighted by Gasteiger charge is -2.36. The molecule has 1 fully saturated rings. The summed E-state index contributed by atoms with van der Waals surface area (Å²) in [6, 6.07) is 0. The second kappa shape index (κ2) is 5.51. The molecule has 0 amide bonds. The summed E-state index contributed by atoms with van der Waals surface area (Å²) in [5.74, 6) is 1.61. The van der Waals surface area contributed by atoms with Crippen molar-refractivity contribution in [2.75, 3.05) is 0 Å². The summed E-state index contributed by atoms with van der Waals surface area (Å²) in [6.07, 6.45) is 3.44. The highest BCUT2D eigenvalue weighted by Gasteiger charge is 2.33. The molecule has 16 heavy (non-hydrogen) atoms. The highest BCUT2D eigenvalue weighted by molar-refractivity contribution is 5.87. The van der Waals surface area contributed by atoms with Crippen LogP contribution in [0.15, 0.2) is 12.2 Å². The van der Waals surface area contributed by atoms with Gasteiger partial charge in [-0.05, 0) is 43.9 Å². The lowest BCUT2D eigenvalue weighted by atomic mass is 9.75. The first-order chi connectivity index (χ1) is 7.41. The first kappa shape index (κ1) is 13.3. The maximum absolute atomic E-state index is 11.5. The fourth-order valence-corrected chi connectivity index (χ4v) is 2.48. The molecule has 1 rings (SSSR count). The van der Waals surface area contributed by atoms with Crippen LogP contribution in [0.4, 0.5) is 0 Å². The van der Waals surface area contributed by atoms with Gasteiger partial charge in [0.25, 0.3) is 0 Å². The van der Waals surface area contributed by atoms with Crippen LogP contribution in [0.2, 0.25) is 0 Å². The number of carbonyl (C=O) groups is 1. The van der Waals surface area contributed by atoms with E-state index < -0.39 is 0 Å². The van der Waals surface area contributed by atoms with Crippen LogP contribution in [-0.2, 0) is 9.53 Å². The van der Waals surface area contributed by atoms with Crippen molar-refractivity contribution < 1.29 is 9.53 Å². The van der Waals surface area contributed by atoms with Crippen LogP contribution in [0.5, 0.6) is 0 Å². The third-order valence-electron chi connectivity index (χ3n) is 3.56. The Morgan fingerprint density at radius 3 is 2.50 bits per heavy atom. The zero-order valence-corrected chi connectivity index (χ0v) is 11.0. The minimum Gasteiger partial charge on any atom is -0.459 e. The van der Waals surface area contributed by atoms with E-state index in [1.165, 1.54) is 6.42 Å². The zero-order valence-electron chi connectivity index (χ0n) is 11.0. The Hall–Kier alpha value is -0.790. The van der Waals surface area contributed by atoms with Crippen molar-refractivity contribution in [3.05, 3.63) is 12.2 Å². The monoisotopic (exact) mass is 224 g/mol. The van der Waals surface area contributed by atoms with Gasteiger partial charge in [-0.1, -0.05) is 27.4 Å². The largest absolute Gasteiger partial charge is 0.459 e. The van der Waals surface area contributed by atoms with Crippen molar-refractivity contribution in [2.24, 2.45) is 17.8 Å². The van der Waals surface area contributed by atoms with Gasteiger partial charge in [-0.25, -0.2) is 4.79 Å². The van der Waals surface area contributed by atoms with Gasteiger partial charge < -0.3 is 4.74 Å². The van der Waals surface area contributed by atoms with Gasteiger partial charge in [-0.15, -0.1) is 0 Å². The molecule has 1 aliphatic carbocycles. The molecule has 0 aliphatic heterocycles. The smallest absolute Gasteiger partial charge is 0.333 e. The molecule has 92 valence electrons. The van der Waals surface area contributed by atoms with E-state index in [0.29, 0.717) is 17.4 Å². The van der Waals surface area contributed by atoms with Crippen LogP contribution < -0.4 is 0 Å². The van der Waals surface area contributed by atoms with E-state index in [-0.39, 0.29) is 12.1 Å². The number of hydrogen-bond donors (Lipinski definition) is 0. The van der Waals surface area contributed by atoms with E-state index in [1.54, 1.807) is 6.92 Å². The van der Waals surface area contributed by atoms with Crippen molar-refractivity contribution in [3.63, 3.8) is 0 Å². The van der Waals surface area contributed by atoms with Crippen molar-refractivity contribution in [1.82, 2.24) is 0 Å². The number of carbonyl (C=O) groups excluding carboxylic acids is 1. The third-order valence-corrected chi connectivity index (χ3v) is 3.56. The minimum atomic E-state index is -0.231. The number of ether oxygens (including phenoxy) is 1. The highest BCUT2D eigenvalue weighted by Crippen LogP contribution is 2.35. The molecule has 2 nitrogen and oxygen atoms in total. The molecular weight excluding hydrogens is 200 g/mol. The topological polar surface area (TPSA) is 26.3 Å². The van der Waals surface area contributed by atoms with E-state index in [2.05, 4.69) is 27.4 Å². The lowest BCUT2D eigenvalue weighted by molar-refractivity contribution is -0.150. The predicted molar refractivity (Wildman–Crippen MR) is 66.0 cm³/mol. The van der Waals surface area contributed by atoms with E-state index in [0.717, 1.165) is 18.8 Å². The molecule has 0 unspecified atom stereocenters. The number of esters is 1. The summed E-state index contributed by atoms with van der Waals surface area (Å²) in [5, 5.41) is 0. The van der Waals surface area contributed by atoms with Gasteiger partial charge >= 0.3 is 5.97 Å². The summed E-state index contributed by atoms with van der Waals surface area (Å²) in [4.78, 5) is 11.5. The summed E-state index contributed by atoms with van der Waals surface area (Å²) in [5.41, 5.74) is 0.501.